The van der Waals surface area contributed by atoms with E-state index in [1.807, 2.05) is 6.07 Å². The average molecular weight is 486 g/mol. The first kappa shape index (κ1) is 24.3. The van der Waals surface area contributed by atoms with E-state index in [-0.39, 0.29) is 11.9 Å². The highest BCUT2D eigenvalue weighted by Crippen LogP contribution is 2.27. The fraction of sp³-hybridized carbons (Fsp3) is 0.240. The monoisotopic (exact) mass is 485 g/mol. The molecule has 36 heavy (non-hydrogen) atoms. The zero-order valence-corrected chi connectivity index (χ0v) is 19.8. The zero-order valence-electron chi connectivity index (χ0n) is 19.8. The number of primary amides is 1. The van der Waals surface area contributed by atoms with Crippen molar-refractivity contribution >= 4 is 40.5 Å². The molecule has 11 nitrogen and oxygen atoms in total. The third-order valence-corrected chi connectivity index (χ3v) is 6.02. The molecule has 11 heteroatoms. The van der Waals surface area contributed by atoms with Crippen LogP contribution in [-0.2, 0) is 0 Å². The third-order valence-electron chi connectivity index (χ3n) is 6.02. The average Bonchev–Trinajstić information content (AvgIpc) is 2.89. The van der Waals surface area contributed by atoms with E-state index in [0.717, 1.165) is 31.7 Å². The van der Waals surface area contributed by atoms with E-state index in [2.05, 4.69) is 36.9 Å². The summed E-state index contributed by atoms with van der Waals surface area (Å²) in [7, 11) is 1.54. The van der Waals surface area contributed by atoms with E-state index in [4.69, 9.17) is 16.7 Å². The normalized spacial score (nSPS) is 13.5. The van der Waals surface area contributed by atoms with Gasteiger partial charge in [-0.2, -0.15) is 5.26 Å². The number of carbonyl (C=O) groups excluding carboxylic acids is 2. The molecule has 1 fully saturated rings. The van der Waals surface area contributed by atoms with E-state index >= 15 is 0 Å². The summed E-state index contributed by atoms with van der Waals surface area (Å²) in [4.78, 5) is 34.7. The first-order valence-corrected chi connectivity index (χ1v) is 11.4. The molecule has 0 unspecified atom stereocenters. The smallest absolute Gasteiger partial charge is 0.253 e. The lowest BCUT2D eigenvalue weighted by atomic mass is 10.0. The molecule has 7 N–H and O–H groups in total. The summed E-state index contributed by atoms with van der Waals surface area (Å²) in [5, 5.41) is 18.1. The fourth-order valence-electron chi connectivity index (χ4n) is 4.08. The maximum atomic E-state index is 12.0. The highest BCUT2D eigenvalue weighted by atomic mass is 16.2. The minimum atomic E-state index is -0.574. The van der Waals surface area contributed by atoms with E-state index in [1.165, 1.54) is 6.20 Å². The van der Waals surface area contributed by atoms with Gasteiger partial charge in [0.25, 0.3) is 11.8 Å². The lowest BCUT2D eigenvalue weighted by molar-refractivity contribution is 0.0962. The molecular formula is C25H27N9O2. The number of anilines is 5. The summed E-state index contributed by atoms with van der Waals surface area (Å²) in [6.07, 6.45) is 4.65. The number of nitriles is 1. The van der Waals surface area contributed by atoms with Gasteiger partial charge < -0.3 is 32.3 Å². The van der Waals surface area contributed by atoms with Crippen LogP contribution in [0.25, 0.3) is 0 Å². The molecular weight excluding hydrogens is 458 g/mol. The summed E-state index contributed by atoms with van der Waals surface area (Å²) < 4.78 is 0. The quantitative estimate of drug-likeness (QED) is 0.314. The molecule has 3 heterocycles. The van der Waals surface area contributed by atoms with Crippen molar-refractivity contribution in [3.8, 4) is 6.07 Å². The van der Waals surface area contributed by atoms with Gasteiger partial charge in [0.1, 0.15) is 17.7 Å². The predicted octanol–water partition coefficient (Wildman–Crippen LogP) is 2.21. The van der Waals surface area contributed by atoms with Crippen LogP contribution < -0.4 is 32.3 Å². The Morgan fingerprint density at radius 1 is 1.08 bits per heavy atom. The lowest BCUT2D eigenvalue weighted by Gasteiger charge is -2.34. The summed E-state index contributed by atoms with van der Waals surface area (Å²) in [6.45, 7) is 1.55. The third kappa shape index (κ3) is 5.44. The number of benzene rings is 1. The maximum absolute atomic E-state index is 12.0. The number of carbonyl (C=O) groups is 2. The topological polar surface area (TPSA) is 175 Å². The minimum Gasteiger partial charge on any atom is -0.398 e. The van der Waals surface area contributed by atoms with Gasteiger partial charge in [-0.3, -0.25) is 9.59 Å². The van der Waals surface area contributed by atoms with Crippen LogP contribution in [0.1, 0.15) is 39.1 Å². The number of piperidine rings is 1. The summed E-state index contributed by atoms with van der Waals surface area (Å²) in [5.41, 5.74) is 14.4. The molecule has 0 radical (unpaired) electrons. The van der Waals surface area contributed by atoms with Crippen molar-refractivity contribution in [1.29, 1.82) is 5.26 Å². The van der Waals surface area contributed by atoms with Crippen LogP contribution in [0.15, 0.2) is 48.8 Å². The van der Waals surface area contributed by atoms with Crippen LogP contribution >= 0.6 is 0 Å². The second kappa shape index (κ2) is 10.6. The van der Waals surface area contributed by atoms with Gasteiger partial charge in [0.15, 0.2) is 0 Å². The number of aromatic nitrogens is 2. The molecule has 1 aromatic carbocycles. The van der Waals surface area contributed by atoms with E-state index in [0.29, 0.717) is 39.6 Å². The Labute approximate surface area is 208 Å². The second-order valence-corrected chi connectivity index (χ2v) is 8.41. The SMILES string of the molecule is CNC(=O)c1ccc(Nc2cc(NC3CCN(c4ccc(C#N)cn4)CC3)c(C(N)=O)cn2)cc1N. The van der Waals surface area contributed by atoms with Crippen LogP contribution in [0.5, 0.6) is 0 Å². The van der Waals surface area contributed by atoms with Crippen LogP contribution in [-0.4, -0.2) is 48.0 Å². The number of rotatable bonds is 7. The molecule has 1 aliphatic rings. The Bertz CT molecular complexity index is 1310. The Hall–Kier alpha value is -4.85. The molecule has 2 aromatic heterocycles. The van der Waals surface area contributed by atoms with Gasteiger partial charge in [0.05, 0.1) is 22.4 Å². The Kier molecular flexibility index (Phi) is 7.15. The molecule has 3 aromatic rings. The number of nitrogens with two attached hydrogens (primary N) is 2. The van der Waals surface area contributed by atoms with E-state index in [1.54, 1.807) is 43.6 Å². The molecule has 0 spiro atoms. The Morgan fingerprint density at radius 2 is 1.86 bits per heavy atom. The molecule has 0 bridgehead atoms. The van der Waals surface area contributed by atoms with Crippen molar-refractivity contribution in [2.45, 2.75) is 18.9 Å². The number of pyridine rings is 2. The Morgan fingerprint density at radius 3 is 2.47 bits per heavy atom. The first-order valence-electron chi connectivity index (χ1n) is 11.4. The van der Waals surface area contributed by atoms with Crippen LogP contribution in [0.2, 0.25) is 0 Å². The summed E-state index contributed by atoms with van der Waals surface area (Å²) in [6, 6.07) is 12.5. The van der Waals surface area contributed by atoms with Gasteiger partial charge >= 0.3 is 0 Å². The van der Waals surface area contributed by atoms with E-state index < -0.39 is 5.91 Å². The molecule has 0 atom stereocenters. The molecule has 1 saturated heterocycles. The molecule has 2 amide bonds. The number of amides is 2. The number of nitrogen functional groups attached to an aromatic ring is 1. The van der Waals surface area contributed by atoms with Crippen LogP contribution in [0, 0.1) is 11.3 Å². The zero-order chi connectivity index (χ0) is 25.7. The molecule has 0 aliphatic carbocycles. The van der Waals surface area contributed by atoms with E-state index in [9.17, 15) is 9.59 Å². The van der Waals surface area contributed by atoms with Crippen molar-refractivity contribution in [2.24, 2.45) is 5.73 Å². The summed E-state index contributed by atoms with van der Waals surface area (Å²) >= 11 is 0. The van der Waals surface area contributed by atoms with Gasteiger partial charge in [0.2, 0.25) is 0 Å². The maximum Gasteiger partial charge on any atom is 0.253 e. The number of nitrogens with zero attached hydrogens (tertiary/aromatic N) is 4. The highest BCUT2D eigenvalue weighted by Gasteiger charge is 2.22. The Balaban J connectivity index is 1.45. The lowest BCUT2D eigenvalue weighted by Crippen LogP contribution is -2.39. The van der Waals surface area contributed by atoms with Crippen LogP contribution in [0.3, 0.4) is 0 Å². The number of hydrogen-bond donors (Lipinski definition) is 5. The van der Waals surface area contributed by atoms with Gasteiger partial charge in [-0.1, -0.05) is 0 Å². The fourth-order valence-corrected chi connectivity index (χ4v) is 4.08. The molecule has 4 rings (SSSR count). The highest BCUT2D eigenvalue weighted by molar-refractivity contribution is 6.00. The van der Waals surface area contributed by atoms with Crippen molar-refractivity contribution in [1.82, 2.24) is 15.3 Å². The first-order chi connectivity index (χ1) is 17.4. The van der Waals surface area contributed by atoms with Crippen molar-refractivity contribution < 1.29 is 9.59 Å². The number of hydrogen-bond acceptors (Lipinski definition) is 9. The van der Waals surface area contributed by atoms with Crippen molar-refractivity contribution in [3.63, 3.8) is 0 Å². The standard InChI is InChI=1S/C25H27N9O2/c1-29-25(36)18-4-3-17(10-20(18)27)33-22-11-21(19(14-30-22)24(28)35)32-16-6-8-34(9-7-16)23-5-2-15(12-26)13-31-23/h2-5,10-11,13-14,16H,6-9,27H2,1H3,(H2,28,35)(H,29,36)(H2,30,32,33). The molecule has 184 valence electrons. The van der Waals surface area contributed by atoms with Gasteiger partial charge in [-0.15, -0.1) is 0 Å². The van der Waals surface area contributed by atoms with Crippen molar-refractivity contribution in [3.05, 3.63) is 65.5 Å². The van der Waals surface area contributed by atoms with Gasteiger partial charge in [-0.05, 0) is 43.2 Å². The molecule has 0 saturated carbocycles. The van der Waals surface area contributed by atoms with Gasteiger partial charge in [-0.25, -0.2) is 9.97 Å². The van der Waals surface area contributed by atoms with Gasteiger partial charge in [0, 0.05) is 56.0 Å². The summed E-state index contributed by atoms with van der Waals surface area (Å²) in [5.74, 6) is 0.488. The predicted molar refractivity (Wildman–Crippen MR) is 138 cm³/mol. The largest absolute Gasteiger partial charge is 0.398 e. The minimum absolute atomic E-state index is 0.121. The van der Waals surface area contributed by atoms with Crippen molar-refractivity contribution in [2.75, 3.05) is 41.4 Å². The molecule has 1 aliphatic heterocycles. The number of nitrogens with one attached hydrogen (secondary N) is 3. The van der Waals surface area contributed by atoms with Crippen LogP contribution in [0.4, 0.5) is 28.7 Å². The second-order valence-electron chi connectivity index (χ2n) is 8.41.